The molecule has 0 aliphatic heterocycles. The van der Waals surface area contributed by atoms with Crippen molar-refractivity contribution in [2.75, 3.05) is 18.5 Å². The zero-order valence-corrected chi connectivity index (χ0v) is 18.5. The molecule has 1 N–H and O–H groups in total. The third-order valence-corrected chi connectivity index (χ3v) is 4.89. The summed E-state index contributed by atoms with van der Waals surface area (Å²) in [5.74, 6) is -2.69. The predicted octanol–water partition coefficient (Wildman–Crippen LogP) is -3.77. The summed E-state index contributed by atoms with van der Waals surface area (Å²) in [5, 5.41) is 13.4. The molecule has 1 heterocycles. The quantitative estimate of drug-likeness (QED) is 0.466. The number of nitrogens with zero attached hydrogens (tertiary/aromatic N) is 4. The molecule has 0 aliphatic rings. The standard InChI is InChI=1S/C15H17N5O6S.Na/c1-9-17-13(19-14(18-9)26-3)20(15(23)16-2)27(24,25)8-10-6-4-5-7-11(10)12(21)22;/h4-7H,8H2,1-3H3,(H,16,23)(H,21,22);/q;+1/p-1. The van der Waals surface area contributed by atoms with Crippen molar-refractivity contribution in [3.8, 4) is 6.01 Å². The number of hydrogen-bond donors (Lipinski definition) is 1. The van der Waals surface area contributed by atoms with Crippen LogP contribution in [0.2, 0.25) is 0 Å². The molecule has 0 saturated carbocycles. The van der Waals surface area contributed by atoms with Gasteiger partial charge in [0.05, 0.1) is 18.8 Å². The van der Waals surface area contributed by atoms with E-state index in [0.717, 1.165) is 0 Å². The van der Waals surface area contributed by atoms with E-state index in [9.17, 15) is 23.1 Å². The zero-order chi connectivity index (χ0) is 20.2. The minimum atomic E-state index is -4.42. The summed E-state index contributed by atoms with van der Waals surface area (Å²) in [6.45, 7) is 1.47. The number of aromatic carboxylic acids is 1. The van der Waals surface area contributed by atoms with Crippen LogP contribution in [0.15, 0.2) is 24.3 Å². The number of rotatable bonds is 6. The molecule has 0 spiro atoms. The average molecular weight is 417 g/mol. The number of nitrogens with one attached hydrogen (secondary N) is 1. The van der Waals surface area contributed by atoms with Gasteiger partial charge < -0.3 is 20.0 Å². The van der Waals surface area contributed by atoms with Crippen molar-refractivity contribution in [1.82, 2.24) is 20.3 Å². The molecule has 2 aromatic rings. The monoisotopic (exact) mass is 417 g/mol. The Morgan fingerprint density at radius 1 is 1.21 bits per heavy atom. The molecule has 28 heavy (non-hydrogen) atoms. The van der Waals surface area contributed by atoms with Crippen molar-refractivity contribution in [2.24, 2.45) is 0 Å². The van der Waals surface area contributed by atoms with Gasteiger partial charge in [-0.2, -0.15) is 19.3 Å². The molecule has 0 atom stereocenters. The van der Waals surface area contributed by atoms with Gasteiger partial charge in [-0.15, -0.1) is 0 Å². The van der Waals surface area contributed by atoms with Crippen LogP contribution in [0.1, 0.15) is 21.7 Å². The SMILES string of the molecule is CNC(=O)N(c1nc(C)nc(OC)n1)S(=O)(=O)Cc1ccccc1C(=O)[O-].[Na+]. The van der Waals surface area contributed by atoms with Crippen molar-refractivity contribution >= 4 is 28.0 Å². The number of carbonyl (C=O) groups is 2. The fourth-order valence-electron chi connectivity index (χ4n) is 2.18. The number of benzene rings is 1. The largest absolute Gasteiger partial charge is 1.00 e. The van der Waals surface area contributed by atoms with E-state index in [1.807, 2.05) is 0 Å². The maximum absolute atomic E-state index is 12.9. The number of amides is 2. The van der Waals surface area contributed by atoms with Crippen LogP contribution in [-0.4, -0.2) is 49.5 Å². The van der Waals surface area contributed by atoms with E-state index in [-0.39, 0.29) is 52.5 Å². The predicted molar refractivity (Wildman–Crippen MR) is 91.4 cm³/mol. The summed E-state index contributed by atoms with van der Waals surface area (Å²) < 4.78 is 31.0. The minimum absolute atomic E-state index is 0. The second-order valence-corrected chi connectivity index (χ2v) is 7.01. The molecular formula is C15H16N5NaO6S. The summed E-state index contributed by atoms with van der Waals surface area (Å²) in [6.07, 6.45) is 0. The average Bonchev–Trinajstić information content (AvgIpc) is 2.60. The van der Waals surface area contributed by atoms with Crippen LogP contribution in [0.3, 0.4) is 0 Å². The second-order valence-electron chi connectivity index (χ2n) is 5.19. The number of carbonyl (C=O) groups excluding carboxylic acids is 2. The molecule has 0 fully saturated rings. The topological polar surface area (TPSA) is 155 Å². The van der Waals surface area contributed by atoms with Gasteiger partial charge in [0.1, 0.15) is 5.82 Å². The van der Waals surface area contributed by atoms with Gasteiger partial charge in [0.15, 0.2) is 0 Å². The number of hydrogen-bond acceptors (Lipinski definition) is 9. The van der Waals surface area contributed by atoms with Gasteiger partial charge in [-0.25, -0.2) is 13.2 Å². The van der Waals surface area contributed by atoms with Gasteiger partial charge in [-0.3, -0.25) is 0 Å². The number of ether oxygens (including phenoxy) is 1. The number of aromatic nitrogens is 3. The number of methoxy groups -OCH3 is 1. The molecule has 144 valence electrons. The fourth-order valence-corrected chi connectivity index (χ4v) is 3.62. The molecule has 0 saturated heterocycles. The van der Waals surface area contributed by atoms with E-state index in [1.165, 1.54) is 45.3 Å². The van der Waals surface area contributed by atoms with Crippen LogP contribution in [0.4, 0.5) is 10.7 Å². The van der Waals surface area contributed by atoms with Gasteiger partial charge in [-0.05, 0) is 12.5 Å². The zero-order valence-electron chi connectivity index (χ0n) is 15.7. The van der Waals surface area contributed by atoms with Crippen molar-refractivity contribution in [2.45, 2.75) is 12.7 Å². The number of carboxylic acids is 1. The van der Waals surface area contributed by atoms with Gasteiger partial charge in [0.25, 0.3) is 5.95 Å². The molecule has 13 heteroatoms. The molecule has 0 aliphatic carbocycles. The van der Waals surface area contributed by atoms with Gasteiger partial charge in [-0.1, -0.05) is 24.3 Å². The Labute approximate surface area is 183 Å². The van der Waals surface area contributed by atoms with Gasteiger partial charge in [0.2, 0.25) is 10.0 Å². The van der Waals surface area contributed by atoms with Crippen LogP contribution >= 0.6 is 0 Å². The Morgan fingerprint density at radius 3 is 2.43 bits per heavy atom. The maximum atomic E-state index is 12.9. The molecule has 0 radical (unpaired) electrons. The van der Waals surface area contributed by atoms with Crippen LogP contribution in [-0.2, 0) is 15.8 Å². The molecule has 11 nitrogen and oxygen atoms in total. The van der Waals surface area contributed by atoms with Crippen molar-refractivity contribution in [3.63, 3.8) is 0 Å². The van der Waals surface area contributed by atoms with E-state index in [4.69, 9.17) is 4.74 Å². The third-order valence-electron chi connectivity index (χ3n) is 3.33. The normalized spacial score (nSPS) is 10.5. The van der Waals surface area contributed by atoms with Crippen LogP contribution < -0.4 is 49.0 Å². The minimum Gasteiger partial charge on any atom is -0.545 e. The summed E-state index contributed by atoms with van der Waals surface area (Å²) in [6, 6.07) is 4.20. The number of urea groups is 1. The van der Waals surface area contributed by atoms with Crippen molar-refractivity contribution in [3.05, 3.63) is 41.2 Å². The Morgan fingerprint density at radius 2 is 1.86 bits per heavy atom. The Hall–Kier alpha value is -2.28. The smallest absolute Gasteiger partial charge is 0.545 e. The molecule has 0 unspecified atom stereocenters. The van der Waals surface area contributed by atoms with E-state index in [1.54, 1.807) is 0 Å². The van der Waals surface area contributed by atoms with Crippen molar-refractivity contribution < 1.29 is 57.4 Å². The summed E-state index contributed by atoms with van der Waals surface area (Å²) in [7, 11) is -1.92. The number of aryl methyl sites for hydroxylation is 1. The van der Waals surface area contributed by atoms with Gasteiger partial charge >= 0.3 is 41.6 Å². The first-order valence-corrected chi connectivity index (χ1v) is 9.11. The first-order chi connectivity index (χ1) is 12.7. The summed E-state index contributed by atoms with van der Waals surface area (Å²) in [4.78, 5) is 35.0. The van der Waals surface area contributed by atoms with Crippen LogP contribution in [0.25, 0.3) is 0 Å². The van der Waals surface area contributed by atoms with Crippen molar-refractivity contribution in [1.29, 1.82) is 0 Å². The molecule has 1 aromatic heterocycles. The second kappa shape index (κ2) is 9.78. The first kappa shape index (κ1) is 23.8. The van der Waals surface area contributed by atoms with Crippen LogP contribution in [0, 0.1) is 6.92 Å². The number of anilines is 1. The molecular weight excluding hydrogens is 401 g/mol. The maximum Gasteiger partial charge on any atom is 1.00 e. The first-order valence-electron chi connectivity index (χ1n) is 7.50. The summed E-state index contributed by atoms with van der Waals surface area (Å²) >= 11 is 0. The number of sulfonamides is 1. The molecule has 2 amide bonds. The molecule has 2 rings (SSSR count). The van der Waals surface area contributed by atoms with Crippen LogP contribution in [0.5, 0.6) is 6.01 Å². The van der Waals surface area contributed by atoms with E-state index < -0.39 is 33.7 Å². The number of carboxylic acid groups (broad SMARTS) is 1. The summed E-state index contributed by atoms with van der Waals surface area (Å²) in [5.41, 5.74) is -0.355. The van der Waals surface area contributed by atoms with E-state index >= 15 is 0 Å². The molecule has 1 aromatic carbocycles. The van der Waals surface area contributed by atoms with Gasteiger partial charge in [0, 0.05) is 12.6 Å². The Bertz CT molecular complexity index is 985. The Balaban J connectivity index is 0.00000392. The van der Waals surface area contributed by atoms with E-state index in [0.29, 0.717) is 4.31 Å². The third kappa shape index (κ3) is 5.38. The fraction of sp³-hybridized carbons (Fsp3) is 0.267. The Kier molecular flexibility index (Phi) is 8.29. The van der Waals surface area contributed by atoms with E-state index in [2.05, 4.69) is 20.3 Å². The molecule has 0 bridgehead atoms.